The van der Waals surface area contributed by atoms with Gasteiger partial charge < -0.3 is 10.0 Å². The van der Waals surface area contributed by atoms with Crippen LogP contribution in [0.25, 0.3) is 5.82 Å². The van der Waals surface area contributed by atoms with E-state index in [-0.39, 0.29) is 18.2 Å². The summed E-state index contributed by atoms with van der Waals surface area (Å²) in [5, 5.41) is 15.8. The Kier molecular flexibility index (Phi) is 4.14. The molecule has 7 nitrogen and oxygen atoms in total. The topological polar surface area (TPSA) is 83.3 Å². The van der Waals surface area contributed by atoms with Crippen molar-refractivity contribution in [2.24, 2.45) is 0 Å². The minimum Gasteiger partial charge on any atom is -0.391 e. The highest BCUT2D eigenvalue weighted by atomic mass is 19.4. The minimum absolute atomic E-state index is 0.0974. The Morgan fingerprint density at radius 1 is 1.38 bits per heavy atom. The third-order valence-corrected chi connectivity index (χ3v) is 3.58. The van der Waals surface area contributed by atoms with Gasteiger partial charge in [-0.05, 0) is 18.6 Å². The van der Waals surface area contributed by atoms with Gasteiger partial charge >= 0.3 is 12.2 Å². The Hall–Kier alpha value is -2.62. The number of likely N-dealkylation sites (tertiary alicyclic amines) is 1. The fourth-order valence-corrected chi connectivity index (χ4v) is 2.42. The number of hydrogen-bond acceptors (Lipinski definition) is 4. The molecule has 0 unspecified atom stereocenters. The normalized spacial score (nSPS) is 18.0. The standard InChI is InChI=1S/C14H14F3N5O2/c15-14(16,17)10-2-1-5-18-12(10)22-7-4-11(20-22)19-13(24)21-6-3-9(23)8-21/h1-2,4-5,7,9,23H,3,6,8H2,(H,19,20,24)/t9-/m0/s1. The van der Waals surface area contributed by atoms with Gasteiger partial charge in [-0.15, -0.1) is 5.10 Å². The van der Waals surface area contributed by atoms with Crippen LogP contribution in [0, 0.1) is 0 Å². The van der Waals surface area contributed by atoms with E-state index >= 15 is 0 Å². The Morgan fingerprint density at radius 3 is 2.83 bits per heavy atom. The summed E-state index contributed by atoms with van der Waals surface area (Å²) in [6.07, 6.45) is -2.12. The number of halogens is 3. The second kappa shape index (κ2) is 6.11. The van der Waals surface area contributed by atoms with Crippen LogP contribution in [0.5, 0.6) is 0 Å². The second-order valence-corrected chi connectivity index (χ2v) is 5.34. The number of aliphatic hydroxyl groups is 1. The van der Waals surface area contributed by atoms with E-state index < -0.39 is 23.9 Å². The van der Waals surface area contributed by atoms with E-state index in [4.69, 9.17) is 0 Å². The number of urea groups is 1. The minimum atomic E-state index is -4.56. The van der Waals surface area contributed by atoms with E-state index in [2.05, 4.69) is 15.4 Å². The molecule has 1 aliphatic heterocycles. The highest BCUT2D eigenvalue weighted by Crippen LogP contribution is 2.32. The first-order valence-electron chi connectivity index (χ1n) is 7.17. The molecule has 1 aliphatic rings. The van der Waals surface area contributed by atoms with Gasteiger partial charge in [0.2, 0.25) is 0 Å². The third kappa shape index (κ3) is 3.32. The van der Waals surface area contributed by atoms with Crippen molar-refractivity contribution in [2.45, 2.75) is 18.7 Å². The van der Waals surface area contributed by atoms with Crippen molar-refractivity contribution in [3.63, 3.8) is 0 Å². The molecule has 0 aromatic carbocycles. The van der Waals surface area contributed by atoms with Gasteiger partial charge in [-0.25, -0.2) is 14.5 Å². The predicted octanol–water partition coefficient (Wildman–Crippen LogP) is 1.88. The molecule has 1 atom stereocenters. The number of amides is 2. The number of aliphatic hydroxyl groups excluding tert-OH is 1. The Morgan fingerprint density at radius 2 is 2.17 bits per heavy atom. The van der Waals surface area contributed by atoms with Crippen molar-refractivity contribution in [3.8, 4) is 5.82 Å². The molecule has 2 N–H and O–H groups in total. The molecule has 1 fully saturated rings. The summed E-state index contributed by atoms with van der Waals surface area (Å²) in [6, 6.07) is 3.01. The van der Waals surface area contributed by atoms with E-state index in [9.17, 15) is 23.1 Å². The van der Waals surface area contributed by atoms with Crippen LogP contribution in [0.2, 0.25) is 0 Å². The van der Waals surface area contributed by atoms with Gasteiger partial charge in [0.05, 0.1) is 6.10 Å². The van der Waals surface area contributed by atoms with E-state index in [0.29, 0.717) is 13.0 Å². The van der Waals surface area contributed by atoms with Crippen molar-refractivity contribution >= 4 is 11.8 Å². The molecule has 24 heavy (non-hydrogen) atoms. The lowest BCUT2D eigenvalue weighted by Gasteiger charge is -2.15. The van der Waals surface area contributed by atoms with Crippen LogP contribution in [0.1, 0.15) is 12.0 Å². The predicted molar refractivity (Wildman–Crippen MR) is 77.6 cm³/mol. The highest BCUT2D eigenvalue weighted by molar-refractivity contribution is 5.88. The summed E-state index contributed by atoms with van der Waals surface area (Å²) in [4.78, 5) is 17.1. The monoisotopic (exact) mass is 341 g/mol. The number of aromatic nitrogens is 3. The first kappa shape index (κ1) is 16.2. The average Bonchev–Trinajstić information content (AvgIpc) is 3.15. The number of anilines is 1. The first-order valence-corrected chi connectivity index (χ1v) is 7.17. The zero-order valence-electron chi connectivity index (χ0n) is 12.4. The van der Waals surface area contributed by atoms with Crippen LogP contribution in [0.15, 0.2) is 30.6 Å². The SMILES string of the molecule is O=C(Nc1ccn(-c2ncccc2C(F)(F)F)n1)N1CC[C@H](O)C1. The molecule has 2 aromatic rings. The Balaban J connectivity index is 1.78. The van der Waals surface area contributed by atoms with E-state index in [1.165, 1.54) is 29.4 Å². The number of hydrogen-bond donors (Lipinski definition) is 2. The quantitative estimate of drug-likeness (QED) is 0.874. The van der Waals surface area contributed by atoms with Gasteiger partial charge in [-0.3, -0.25) is 5.32 Å². The smallest absolute Gasteiger partial charge is 0.391 e. The number of pyridine rings is 1. The first-order chi connectivity index (χ1) is 11.3. The maximum absolute atomic E-state index is 13.0. The Labute approximate surface area is 134 Å². The lowest BCUT2D eigenvalue weighted by Crippen LogP contribution is -2.33. The highest BCUT2D eigenvalue weighted by Gasteiger charge is 2.35. The summed E-state index contributed by atoms with van der Waals surface area (Å²) in [7, 11) is 0. The molecule has 2 aromatic heterocycles. The number of rotatable bonds is 2. The number of nitrogens with one attached hydrogen (secondary N) is 1. The summed E-state index contributed by atoms with van der Waals surface area (Å²) >= 11 is 0. The van der Waals surface area contributed by atoms with E-state index in [1.807, 2.05) is 0 Å². The van der Waals surface area contributed by atoms with Crippen LogP contribution < -0.4 is 5.32 Å². The molecule has 2 amide bonds. The average molecular weight is 341 g/mol. The van der Waals surface area contributed by atoms with Gasteiger partial charge in [0.1, 0.15) is 5.56 Å². The number of carbonyl (C=O) groups excluding carboxylic acids is 1. The van der Waals surface area contributed by atoms with Gasteiger partial charge in [0.25, 0.3) is 0 Å². The molecule has 0 saturated carbocycles. The van der Waals surface area contributed by atoms with E-state index in [0.717, 1.165) is 10.7 Å². The second-order valence-electron chi connectivity index (χ2n) is 5.34. The molecule has 1 saturated heterocycles. The largest absolute Gasteiger partial charge is 0.420 e. The Bertz CT molecular complexity index is 746. The zero-order chi connectivity index (χ0) is 17.3. The summed E-state index contributed by atoms with van der Waals surface area (Å²) in [5.74, 6) is -0.276. The van der Waals surface area contributed by atoms with Crippen molar-refractivity contribution in [3.05, 3.63) is 36.2 Å². The van der Waals surface area contributed by atoms with Crippen LogP contribution >= 0.6 is 0 Å². The molecular weight excluding hydrogens is 327 g/mol. The molecule has 0 aliphatic carbocycles. The van der Waals surface area contributed by atoms with E-state index in [1.54, 1.807) is 0 Å². The van der Waals surface area contributed by atoms with Crippen LogP contribution in [0.4, 0.5) is 23.8 Å². The zero-order valence-corrected chi connectivity index (χ0v) is 12.4. The maximum Gasteiger partial charge on any atom is 0.420 e. The lowest BCUT2D eigenvalue weighted by molar-refractivity contribution is -0.137. The summed E-state index contributed by atoms with van der Waals surface area (Å²) in [6.45, 7) is 0.622. The lowest BCUT2D eigenvalue weighted by atomic mass is 10.2. The van der Waals surface area contributed by atoms with Crippen molar-refractivity contribution in [1.82, 2.24) is 19.7 Å². The van der Waals surface area contributed by atoms with Gasteiger partial charge in [-0.2, -0.15) is 13.2 Å². The summed E-state index contributed by atoms with van der Waals surface area (Å²) in [5.41, 5.74) is -0.923. The molecule has 3 rings (SSSR count). The van der Waals surface area contributed by atoms with Gasteiger partial charge in [-0.1, -0.05) is 0 Å². The number of alkyl halides is 3. The maximum atomic E-state index is 13.0. The molecule has 0 spiro atoms. The fourth-order valence-electron chi connectivity index (χ4n) is 2.42. The molecule has 128 valence electrons. The molecule has 10 heteroatoms. The van der Waals surface area contributed by atoms with Crippen molar-refractivity contribution in [1.29, 1.82) is 0 Å². The molecule has 3 heterocycles. The number of nitrogens with zero attached hydrogens (tertiary/aromatic N) is 4. The molecular formula is C14H14F3N5O2. The van der Waals surface area contributed by atoms with Crippen LogP contribution in [0.3, 0.4) is 0 Å². The summed E-state index contributed by atoms with van der Waals surface area (Å²) < 4.78 is 40.0. The molecule has 0 radical (unpaired) electrons. The van der Waals surface area contributed by atoms with Crippen molar-refractivity contribution < 1.29 is 23.1 Å². The molecule has 0 bridgehead atoms. The van der Waals surface area contributed by atoms with Gasteiger partial charge in [0, 0.05) is 31.5 Å². The number of β-amino-alcohol motifs (C(OH)–C–C–N with tert-alkyl or cyclic N) is 1. The van der Waals surface area contributed by atoms with Crippen LogP contribution in [-0.4, -0.2) is 50.0 Å². The fraction of sp³-hybridized carbons (Fsp3) is 0.357. The van der Waals surface area contributed by atoms with Gasteiger partial charge in [0.15, 0.2) is 11.6 Å². The number of carbonyl (C=O) groups is 1. The third-order valence-electron chi connectivity index (χ3n) is 3.58. The van der Waals surface area contributed by atoms with Crippen LogP contribution in [-0.2, 0) is 6.18 Å². The van der Waals surface area contributed by atoms with Crippen molar-refractivity contribution in [2.75, 3.05) is 18.4 Å².